The van der Waals surface area contributed by atoms with E-state index in [0.29, 0.717) is 17.9 Å². The van der Waals surface area contributed by atoms with Crippen molar-refractivity contribution < 1.29 is 14.6 Å². The van der Waals surface area contributed by atoms with Gasteiger partial charge in [0.05, 0.1) is 6.10 Å². The number of aryl methyl sites for hydroxylation is 2. The number of rotatable bonds is 4. The Hall–Kier alpha value is -1.55. The van der Waals surface area contributed by atoms with Crippen molar-refractivity contribution in [1.29, 1.82) is 0 Å². The highest BCUT2D eigenvalue weighted by Crippen LogP contribution is 2.45. The number of ether oxygens (including phenoxy) is 1. The van der Waals surface area contributed by atoms with Gasteiger partial charge in [-0.15, -0.1) is 0 Å². The summed E-state index contributed by atoms with van der Waals surface area (Å²) in [5.41, 5.74) is 2.39. The minimum absolute atomic E-state index is 0.0359. The van der Waals surface area contributed by atoms with Gasteiger partial charge in [-0.3, -0.25) is 4.79 Å². The minimum atomic E-state index is -0.125. The molecule has 3 rings (SSSR count). The van der Waals surface area contributed by atoms with Crippen molar-refractivity contribution in [3.8, 4) is 5.75 Å². The summed E-state index contributed by atoms with van der Waals surface area (Å²) in [6, 6.07) is 6.21. The maximum atomic E-state index is 12.4. The van der Waals surface area contributed by atoms with E-state index < -0.39 is 0 Å². The van der Waals surface area contributed by atoms with Gasteiger partial charge < -0.3 is 14.7 Å². The Morgan fingerprint density at radius 2 is 1.83 bits per heavy atom. The Kier molecular flexibility index (Phi) is 4.62. The zero-order valence-electron chi connectivity index (χ0n) is 14.3. The van der Waals surface area contributed by atoms with Crippen molar-refractivity contribution in [3.05, 3.63) is 29.3 Å². The van der Waals surface area contributed by atoms with Crippen LogP contribution in [0.5, 0.6) is 5.75 Å². The van der Waals surface area contributed by atoms with E-state index in [9.17, 15) is 9.90 Å². The molecule has 4 atom stereocenters. The van der Waals surface area contributed by atoms with Crippen LogP contribution in [-0.4, -0.2) is 41.7 Å². The molecule has 2 aliphatic carbocycles. The molecule has 1 aromatic carbocycles. The molecule has 4 nitrogen and oxygen atoms in total. The lowest BCUT2D eigenvalue weighted by atomic mass is 10.0. The van der Waals surface area contributed by atoms with E-state index in [2.05, 4.69) is 6.92 Å². The molecule has 2 unspecified atom stereocenters. The van der Waals surface area contributed by atoms with Gasteiger partial charge in [0.15, 0.2) is 6.61 Å². The zero-order chi connectivity index (χ0) is 16.6. The molecule has 0 radical (unpaired) electrons. The van der Waals surface area contributed by atoms with Crippen LogP contribution in [0.3, 0.4) is 0 Å². The lowest BCUT2D eigenvalue weighted by Gasteiger charge is -2.25. The van der Waals surface area contributed by atoms with Crippen LogP contribution in [0.25, 0.3) is 0 Å². The SMILES string of the molecule is Cc1ccc(OCC(=O)N(C)C2C[C@H]3CC(O)C[C@H]3C2)cc1C. The Balaban J connectivity index is 1.51. The Morgan fingerprint density at radius 3 is 2.43 bits per heavy atom. The van der Waals surface area contributed by atoms with Crippen molar-refractivity contribution in [2.45, 2.75) is 51.7 Å². The second-order valence-corrected chi connectivity index (χ2v) is 7.31. The average molecular weight is 317 g/mol. The monoisotopic (exact) mass is 317 g/mol. The van der Waals surface area contributed by atoms with Crippen molar-refractivity contribution in [3.63, 3.8) is 0 Å². The maximum absolute atomic E-state index is 12.4. The molecule has 0 saturated heterocycles. The van der Waals surface area contributed by atoms with Crippen molar-refractivity contribution in [2.75, 3.05) is 13.7 Å². The lowest BCUT2D eigenvalue weighted by Crippen LogP contribution is -2.39. The zero-order valence-corrected chi connectivity index (χ0v) is 14.3. The molecule has 2 saturated carbocycles. The van der Waals surface area contributed by atoms with Crippen molar-refractivity contribution in [2.24, 2.45) is 11.8 Å². The maximum Gasteiger partial charge on any atom is 0.260 e. The number of hydrogen-bond donors (Lipinski definition) is 1. The number of aliphatic hydroxyl groups is 1. The van der Waals surface area contributed by atoms with Gasteiger partial charge in [0.2, 0.25) is 0 Å². The summed E-state index contributed by atoms with van der Waals surface area (Å²) in [6.07, 6.45) is 3.73. The molecule has 2 fully saturated rings. The number of benzene rings is 1. The number of likely N-dealkylation sites (N-methyl/N-ethyl adjacent to an activating group) is 1. The number of carbonyl (C=O) groups is 1. The van der Waals surface area contributed by atoms with Crippen LogP contribution in [0.15, 0.2) is 18.2 Å². The number of amides is 1. The highest BCUT2D eigenvalue weighted by atomic mass is 16.5. The van der Waals surface area contributed by atoms with Crippen LogP contribution in [0, 0.1) is 25.7 Å². The van der Waals surface area contributed by atoms with Crippen LogP contribution >= 0.6 is 0 Å². The standard InChI is InChI=1S/C19H27NO3/c1-12-4-5-18(6-13(12)2)23-11-19(22)20(3)16-7-14-9-17(21)10-15(14)8-16/h4-6,14-17,21H,7-11H2,1-3H3/t14-,15+,16?,17?. The molecule has 1 N–H and O–H groups in total. The molecule has 1 amide bonds. The van der Waals surface area contributed by atoms with Crippen LogP contribution in [0.2, 0.25) is 0 Å². The summed E-state index contributed by atoms with van der Waals surface area (Å²) in [6.45, 7) is 4.20. The predicted octanol–water partition coefficient (Wildman–Crippen LogP) is 2.69. The molecule has 0 heterocycles. The van der Waals surface area contributed by atoms with Crippen LogP contribution in [-0.2, 0) is 4.79 Å². The number of hydrogen-bond acceptors (Lipinski definition) is 3. The van der Waals surface area contributed by atoms with Gasteiger partial charge in [-0.1, -0.05) is 6.07 Å². The fourth-order valence-corrected chi connectivity index (χ4v) is 4.12. The van der Waals surface area contributed by atoms with E-state index in [0.717, 1.165) is 31.4 Å². The third-order valence-corrected chi connectivity index (χ3v) is 5.75. The van der Waals surface area contributed by atoms with E-state index >= 15 is 0 Å². The fourth-order valence-electron chi connectivity index (χ4n) is 4.12. The van der Waals surface area contributed by atoms with Gasteiger partial charge in [-0.05, 0) is 74.6 Å². The fraction of sp³-hybridized carbons (Fsp3) is 0.632. The Bertz CT molecular complexity index is 572. The Labute approximate surface area is 138 Å². The highest BCUT2D eigenvalue weighted by Gasteiger charge is 2.43. The summed E-state index contributed by atoms with van der Waals surface area (Å²) in [5, 5.41) is 9.72. The molecule has 0 bridgehead atoms. The van der Waals surface area contributed by atoms with E-state index in [1.54, 1.807) is 0 Å². The van der Waals surface area contributed by atoms with Gasteiger partial charge in [0.1, 0.15) is 5.75 Å². The van der Waals surface area contributed by atoms with Gasteiger partial charge >= 0.3 is 0 Å². The van der Waals surface area contributed by atoms with E-state index in [1.807, 2.05) is 37.1 Å². The molecule has 1 aromatic rings. The predicted molar refractivity (Wildman–Crippen MR) is 89.4 cm³/mol. The molecule has 0 aromatic heterocycles. The topological polar surface area (TPSA) is 49.8 Å². The van der Waals surface area contributed by atoms with Gasteiger partial charge in [-0.25, -0.2) is 0 Å². The molecule has 126 valence electrons. The number of aliphatic hydroxyl groups excluding tert-OH is 1. The number of fused-ring (bicyclic) bond motifs is 1. The normalized spacial score (nSPS) is 29.4. The summed E-state index contributed by atoms with van der Waals surface area (Å²) in [4.78, 5) is 14.2. The second-order valence-electron chi connectivity index (χ2n) is 7.31. The van der Waals surface area contributed by atoms with E-state index in [1.165, 1.54) is 11.1 Å². The third kappa shape index (κ3) is 3.52. The van der Waals surface area contributed by atoms with Gasteiger partial charge in [0, 0.05) is 13.1 Å². The molecule has 0 aliphatic heterocycles. The summed E-state index contributed by atoms with van der Waals surface area (Å²) >= 11 is 0. The molecule has 2 aliphatic rings. The van der Waals surface area contributed by atoms with Gasteiger partial charge in [-0.2, -0.15) is 0 Å². The lowest BCUT2D eigenvalue weighted by molar-refractivity contribution is -0.134. The Morgan fingerprint density at radius 1 is 1.17 bits per heavy atom. The number of nitrogens with zero attached hydrogens (tertiary/aromatic N) is 1. The first kappa shape index (κ1) is 16.3. The summed E-state index contributed by atoms with van der Waals surface area (Å²) < 4.78 is 5.66. The molecular formula is C19H27NO3. The summed E-state index contributed by atoms with van der Waals surface area (Å²) in [5.74, 6) is 1.96. The second kappa shape index (κ2) is 6.52. The number of carbonyl (C=O) groups excluding carboxylic acids is 1. The molecule has 4 heteroatoms. The quantitative estimate of drug-likeness (QED) is 0.929. The first-order valence-corrected chi connectivity index (χ1v) is 8.58. The van der Waals surface area contributed by atoms with Crippen LogP contribution in [0.1, 0.15) is 36.8 Å². The van der Waals surface area contributed by atoms with Crippen LogP contribution in [0.4, 0.5) is 0 Å². The van der Waals surface area contributed by atoms with Crippen molar-refractivity contribution in [1.82, 2.24) is 4.90 Å². The minimum Gasteiger partial charge on any atom is -0.484 e. The first-order valence-electron chi connectivity index (χ1n) is 8.58. The van der Waals surface area contributed by atoms with Gasteiger partial charge in [0.25, 0.3) is 5.91 Å². The van der Waals surface area contributed by atoms with E-state index in [4.69, 9.17) is 4.74 Å². The summed E-state index contributed by atoms with van der Waals surface area (Å²) in [7, 11) is 1.88. The molecule has 23 heavy (non-hydrogen) atoms. The van der Waals surface area contributed by atoms with Crippen LogP contribution < -0.4 is 4.74 Å². The van der Waals surface area contributed by atoms with Crippen molar-refractivity contribution >= 4 is 5.91 Å². The molecule has 0 spiro atoms. The highest BCUT2D eigenvalue weighted by molar-refractivity contribution is 5.77. The largest absolute Gasteiger partial charge is 0.484 e. The average Bonchev–Trinajstić information content (AvgIpc) is 3.04. The first-order chi connectivity index (χ1) is 10.9. The third-order valence-electron chi connectivity index (χ3n) is 5.75. The van der Waals surface area contributed by atoms with E-state index in [-0.39, 0.29) is 18.6 Å². The smallest absolute Gasteiger partial charge is 0.260 e. The molecular weight excluding hydrogens is 290 g/mol.